The minimum absolute atomic E-state index is 0.0655. The molecule has 0 radical (unpaired) electrons. The summed E-state index contributed by atoms with van der Waals surface area (Å²) in [5, 5.41) is 10.5. The fourth-order valence-electron chi connectivity index (χ4n) is 2.58. The van der Waals surface area contributed by atoms with Crippen LogP contribution in [0.5, 0.6) is 5.75 Å². The Morgan fingerprint density at radius 3 is 2.60 bits per heavy atom. The molecule has 3 nitrogen and oxygen atoms in total. The number of hydrogen-bond acceptors (Lipinski definition) is 2. The van der Waals surface area contributed by atoms with Gasteiger partial charge in [-0.2, -0.15) is 0 Å². The molecule has 0 atom stereocenters. The van der Waals surface area contributed by atoms with Crippen LogP contribution in [0.2, 0.25) is 0 Å². The van der Waals surface area contributed by atoms with Gasteiger partial charge in [-0.05, 0) is 23.8 Å². The molecule has 3 heteroatoms. The van der Waals surface area contributed by atoms with Crippen LogP contribution >= 0.6 is 0 Å². The summed E-state index contributed by atoms with van der Waals surface area (Å²) < 4.78 is 7.57. The van der Waals surface area contributed by atoms with Crippen LogP contribution in [0.25, 0.3) is 10.9 Å². The van der Waals surface area contributed by atoms with Crippen molar-refractivity contribution in [1.82, 2.24) is 4.57 Å². The van der Waals surface area contributed by atoms with E-state index in [4.69, 9.17) is 4.74 Å². The van der Waals surface area contributed by atoms with E-state index in [0.717, 1.165) is 34.3 Å². The number of aliphatic hydroxyl groups is 1. The van der Waals surface area contributed by atoms with E-state index in [2.05, 4.69) is 29.0 Å². The van der Waals surface area contributed by atoms with Gasteiger partial charge in [0.15, 0.2) is 0 Å². The average Bonchev–Trinajstić information content (AvgIpc) is 2.91. The van der Waals surface area contributed by atoms with Gasteiger partial charge in [-0.1, -0.05) is 30.3 Å². The monoisotopic (exact) mass is 267 g/mol. The lowest BCUT2D eigenvalue weighted by molar-refractivity contribution is 0.283. The Hall–Kier alpha value is -2.26. The minimum Gasteiger partial charge on any atom is -0.496 e. The maximum absolute atomic E-state index is 9.39. The maximum atomic E-state index is 9.39. The summed E-state index contributed by atoms with van der Waals surface area (Å²) in [7, 11) is 1.69. The number of aliphatic hydroxyl groups excluding tert-OH is 1. The number of aromatic nitrogens is 1. The quantitative estimate of drug-likeness (QED) is 0.787. The van der Waals surface area contributed by atoms with Crippen molar-refractivity contribution >= 4 is 10.9 Å². The third kappa shape index (κ3) is 2.17. The lowest BCUT2D eigenvalue weighted by Crippen LogP contribution is -2.00. The molecular weight excluding hydrogens is 250 g/mol. The molecule has 3 aromatic rings. The highest BCUT2D eigenvalue weighted by Crippen LogP contribution is 2.24. The smallest absolute Gasteiger partial charge is 0.123 e. The van der Waals surface area contributed by atoms with E-state index in [0.29, 0.717) is 0 Å². The van der Waals surface area contributed by atoms with E-state index in [9.17, 15) is 5.11 Å². The van der Waals surface area contributed by atoms with Gasteiger partial charge in [-0.3, -0.25) is 0 Å². The molecule has 0 aliphatic carbocycles. The Labute approximate surface area is 118 Å². The maximum Gasteiger partial charge on any atom is 0.123 e. The Bertz CT molecular complexity index is 731. The molecular formula is C17H17NO2. The van der Waals surface area contributed by atoms with Crippen LogP contribution in [-0.4, -0.2) is 16.8 Å². The fraction of sp³-hybridized carbons (Fsp3) is 0.176. The Morgan fingerprint density at radius 2 is 1.80 bits per heavy atom. The normalized spacial score (nSPS) is 10.9. The minimum atomic E-state index is 0.0655. The largest absolute Gasteiger partial charge is 0.496 e. The molecule has 1 heterocycles. The van der Waals surface area contributed by atoms with Gasteiger partial charge in [0, 0.05) is 22.7 Å². The van der Waals surface area contributed by atoms with Gasteiger partial charge in [-0.25, -0.2) is 0 Å². The summed E-state index contributed by atoms with van der Waals surface area (Å²) in [6.45, 7) is 0.818. The molecule has 0 fully saturated rings. The van der Waals surface area contributed by atoms with Gasteiger partial charge < -0.3 is 14.4 Å². The zero-order valence-corrected chi connectivity index (χ0v) is 11.4. The average molecular weight is 267 g/mol. The Kier molecular flexibility index (Phi) is 3.44. The van der Waals surface area contributed by atoms with Crippen LogP contribution in [0, 0.1) is 0 Å². The van der Waals surface area contributed by atoms with Crippen molar-refractivity contribution in [2.24, 2.45) is 0 Å². The second-order valence-electron chi connectivity index (χ2n) is 4.76. The number of ether oxygens (including phenoxy) is 1. The number of methoxy groups -OCH3 is 1. The summed E-state index contributed by atoms with van der Waals surface area (Å²) >= 11 is 0. The standard InChI is InChI=1S/C17H17NO2/c1-20-17-8-3-2-5-13(17)11-18-10-9-15-14(12-19)6-4-7-16(15)18/h2-10,19H,11-12H2,1H3. The van der Waals surface area contributed by atoms with Crippen molar-refractivity contribution in [2.45, 2.75) is 13.2 Å². The predicted octanol–water partition coefficient (Wildman–Crippen LogP) is 3.19. The van der Waals surface area contributed by atoms with Gasteiger partial charge in [0.25, 0.3) is 0 Å². The first-order valence-electron chi connectivity index (χ1n) is 6.63. The highest BCUT2D eigenvalue weighted by Gasteiger charge is 2.07. The van der Waals surface area contributed by atoms with E-state index >= 15 is 0 Å². The van der Waals surface area contributed by atoms with Gasteiger partial charge in [0.2, 0.25) is 0 Å². The molecule has 0 spiro atoms. The Balaban J connectivity index is 2.03. The van der Waals surface area contributed by atoms with Crippen LogP contribution in [0.1, 0.15) is 11.1 Å². The van der Waals surface area contributed by atoms with Crippen LogP contribution in [0.3, 0.4) is 0 Å². The van der Waals surface area contributed by atoms with Crippen molar-refractivity contribution < 1.29 is 9.84 Å². The highest BCUT2D eigenvalue weighted by molar-refractivity contribution is 5.83. The van der Waals surface area contributed by atoms with E-state index in [1.807, 2.05) is 30.3 Å². The third-order valence-corrected chi connectivity index (χ3v) is 3.61. The zero-order chi connectivity index (χ0) is 13.9. The molecule has 3 rings (SSSR count). The molecule has 20 heavy (non-hydrogen) atoms. The summed E-state index contributed by atoms with van der Waals surface area (Å²) in [4.78, 5) is 0. The van der Waals surface area contributed by atoms with Crippen molar-refractivity contribution in [3.63, 3.8) is 0 Å². The van der Waals surface area contributed by atoms with Crippen molar-refractivity contribution in [3.8, 4) is 5.75 Å². The lowest BCUT2D eigenvalue weighted by atomic mass is 10.1. The first kappa shape index (κ1) is 12.8. The summed E-state index contributed by atoms with van der Waals surface area (Å²) in [5.41, 5.74) is 3.23. The first-order chi connectivity index (χ1) is 9.83. The van der Waals surface area contributed by atoms with Crippen LogP contribution in [-0.2, 0) is 13.2 Å². The zero-order valence-electron chi connectivity index (χ0n) is 11.4. The van der Waals surface area contributed by atoms with Crippen LogP contribution < -0.4 is 4.74 Å². The second-order valence-corrected chi connectivity index (χ2v) is 4.76. The summed E-state index contributed by atoms with van der Waals surface area (Å²) in [5.74, 6) is 0.896. The SMILES string of the molecule is COc1ccccc1Cn1ccc2c(CO)cccc21. The van der Waals surface area contributed by atoms with Gasteiger partial charge in [0.05, 0.1) is 20.3 Å². The molecule has 0 unspecified atom stereocenters. The van der Waals surface area contributed by atoms with Crippen LogP contribution in [0.4, 0.5) is 0 Å². The molecule has 0 saturated carbocycles. The van der Waals surface area contributed by atoms with Crippen molar-refractivity contribution in [2.75, 3.05) is 7.11 Å². The van der Waals surface area contributed by atoms with E-state index in [1.54, 1.807) is 7.11 Å². The molecule has 2 aromatic carbocycles. The lowest BCUT2D eigenvalue weighted by Gasteiger charge is -2.10. The molecule has 0 saturated heterocycles. The summed E-state index contributed by atoms with van der Waals surface area (Å²) in [6.07, 6.45) is 2.05. The second kappa shape index (κ2) is 5.39. The van der Waals surface area contributed by atoms with E-state index in [1.165, 1.54) is 0 Å². The molecule has 1 aromatic heterocycles. The number of para-hydroxylation sites is 1. The van der Waals surface area contributed by atoms with Gasteiger partial charge in [0.1, 0.15) is 5.75 Å². The molecule has 0 bridgehead atoms. The predicted molar refractivity (Wildman–Crippen MR) is 80.0 cm³/mol. The number of fused-ring (bicyclic) bond motifs is 1. The number of hydrogen-bond donors (Lipinski definition) is 1. The number of rotatable bonds is 4. The molecule has 0 aliphatic heterocycles. The topological polar surface area (TPSA) is 34.4 Å². The molecule has 1 N–H and O–H groups in total. The van der Waals surface area contributed by atoms with E-state index in [-0.39, 0.29) is 6.61 Å². The molecule has 102 valence electrons. The third-order valence-electron chi connectivity index (χ3n) is 3.61. The van der Waals surface area contributed by atoms with Gasteiger partial charge >= 0.3 is 0 Å². The first-order valence-corrected chi connectivity index (χ1v) is 6.63. The number of nitrogens with zero attached hydrogens (tertiary/aromatic N) is 1. The fourth-order valence-corrected chi connectivity index (χ4v) is 2.58. The van der Waals surface area contributed by atoms with Crippen molar-refractivity contribution in [3.05, 3.63) is 65.9 Å². The summed E-state index contributed by atoms with van der Waals surface area (Å²) in [6, 6.07) is 16.1. The molecule has 0 aliphatic rings. The highest BCUT2D eigenvalue weighted by atomic mass is 16.5. The Morgan fingerprint density at radius 1 is 1.00 bits per heavy atom. The van der Waals surface area contributed by atoms with Crippen molar-refractivity contribution in [1.29, 1.82) is 0 Å². The van der Waals surface area contributed by atoms with Crippen LogP contribution in [0.15, 0.2) is 54.7 Å². The van der Waals surface area contributed by atoms with E-state index < -0.39 is 0 Å². The van der Waals surface area contributed by atoms with Gasteiger partial charge in [-0.15, -0.1) is 0 Å². The molecule has 0 amide bonds. The number of benzene rings is 2.